The van der Waals surface area contributed by atoms with Crippen molar-refractivity contribution in [3.8, 4) is 0 Å². The predicted molar refractivity (Wildman–Crippen MR) is 86.7 cm³/mol. The molecule has 1 saturated heterocycles. The monoisotopic (exact) mass is 314 g/mol. The largest absolute Gasteiger partial charge is 0.352 e. The van der Waals surface area contributed by atoms with Gasteiger partial charge in [-0.25, -0.2) is 0 Å². The Morgan fingerprint density at radius 3 is 2.95 bits per heavy atom. The van der Waals surface area contributed by atoms with Crippen molar-refractivity contribution in [2.24, 2.45) is 0 Å². The highest BCUT2D eigenvalue weighted by Crippen LogP contribution is 2.25. The first-order valence-corrected chi connectivity index (χ1v) is 8.19. The van der Waals surface area contributed by atoms with Crippen molar-refractivity contribution in [1.82, 2.24) is 10.2 Å². The van der Waals surface area contributed by atoms with Gasteiger partial charge in [0.2, 0.25) is 11.8 Å². The highest BCUT2D eigenvalue weighted by atomic mass is 32.1. The molecule has 1 aromatic heterocycles. The number of nitrogens with one attached hydrogen (secondary N) is 1. The van der Waals surface area contributed by atoms with Crippen LogP contribution in [0.5, 0.6) is 0 Å². The fourth-order valence-corrected chi connectivity index (χ4v) is 3.47. The van der Waals surface area contributed by atoms with Gasteiger partial charge in [-0.05, 0) is 23.9 Å². The molecule has 3 rings (SSSR count). The molecule has 0 aliphatic carbocycles. The summed E-state index contributed by atoms with van der Waals surface area (Å²) in [6.07, 6.45) is 0.354. The first-order valence-electron chi connectivity index (χ1n) is 7.31. The Labute approximate surface area is 133 Å². The van der Waals surface area contributed by atoms with Crippen molar-refractivity contribution in [1.29, 1.82) is 0 Å². The van der Waals surface area contributed by atoms with Crippen molar-refractivity contribution < 1.29 is 9.59 Å². The fourth-order valence-electron chi connectivity index (χ4n) is 2.77. The quantitative estimate of drug-likeness (QED) is 0.945. The molecule has 1 aliphatic heterocycles. The Bertz CT molecular complexity index is 682. The van der Waals surface area contributed by atoms with Gasteiger partial charge in [-0.2, -0.15) is 0 Å². The normalized spacial score (nSPS) is 18.1. The van der Waals surface area contributed by atoms with Gasteiger partial charge >= 0.3 is 0 Å². The van der Waals surface area contributed by atoms with E-state index in [1.807, 2.05) is 48.7 Å². The van der Waals surface area contributed by atoms with Crippen LogP contribution in [0.25, 0.3) is 0 Å². The van der Waals surface area contributed by atoms with Crippen LogP contribution < -0.4 is 5.32 Å². The Morgan fingerprint density at radius 2 is 2.23 bits per heavy atom. The van der Waals surface area contributed by atoms with E-state index in [4.69, 9.17) is 0 Å². The van der Waals surface area contributed by atoms with E-state index in [9.17, 15) is 9.59 Å². The minimum atomic E-state index is -0.527. The molecule has 2 amide bonds. The SMILES string of the molecule is Cc1cccc(C2C(=O)NCCN2C(=O)Cc2cccs2)c1. The fraction of sp³-hybridized carbons (Fsp3) is 0.294. The van der Waals surface area contributed by atoms with Crippen LogP contribution in [-0.2, 0) is 16.0 Å². The van der Waals surface area contributed by atoms with Crippen LogP contribution >= 0.6 is 11.3 Å². The average molecular weight is 314 g/mol. The minimum Gasteiger partial charge on any atom is -0.352 e. The van der Waals surface area contributed by atoms with Gasteiger partial charge in [0, 0.05) is 18.0 Å². The maximum atomic E-state index is 12.6. The summed E-state index contributed by atoms with van der Waals surface area (Å²) in [7, 11) is 0. The number of rotatable bonds is 3. The van der Waals surface area contributed by atoms with Gasteiger partial charge in [0.25, 0.3) is 0 Å². The summed E-state index contributed by atoms with van der Waals surface area (Å²) in [4.78, 5) is 27.7. The van der Waals surface area contributed by atoms with Crippen LogP contribution in [0.4, 0.5) is 0 Å². The lowest BCUT2D eigenvalue weighted by Gasteiger charge is -2.35. The summed E-state index contributed by atoms with van der Waals surface area (Å²) < 4.78 is 0. The number of hydrogen-bond acceptors (Lipinski definition) is 3. The van der Waals surface area contributed by atoms with Crippen LogP contribution in [0.2, 0.25) is 0 Å². The average Bonchev–Trinajstić information content (AvgIpc) is 2.99. The molecule has 1 fully saturated rings. The highest BCUT2D eigenvalue weighted by Gasteiger charge is 2.34. The molecule has 1 aliphatic rings. The van der Waals surface area contributed by atoms with E-state index in [1.54, 1.807) is 16.2 Å². The molecular formula is C17H18N2O2S. The van der Waals surface area contributed by atoms with Crippen molar-refractivity contribution in [3.05, 3.63) is 57.8 Å². The number of amides is 2. The van der Waals surface area contributed by atoms with Crippen LogP contribution in [0.3, 0.4) is 0 Å². The Morgan fingerprint density at radius 1 is 1.36 bits per heavy atom. The Balaban J connectivity index is 1.86. The zero-order valence-electron chi connectivity index (χ0n) is 12.4. The molecule has 2 aromatic rings. The maximum Gasteiger partial charge on any atom is 0.247 e. The van der Waals surface area contributed by atoms with Crippen LogP contribution in [-0.4, -0.2) is 29.8 Å². The third-order valence-corrected chi connectivity index (χ3v) is 4.67. The second-order valence-electron chi connectivity index (χ2n) is 5.45. The summed E-state index contributed by atoms with van der Waals surface area (Å²) in [5.41, 5.74) is 1.96. The number of thiophene rings is 1. The van der Waals surface area contributed by atoms with Crippen LogP contribution in [0, 0.1) is 6.92 Å². The van der Waals surface area contributed by atoms with Gasteiger partial charge in [-0.15, -0.1) is 11.3 Å². The van der Waals surface area contributed by atoms with Gasteiger partial charge in [-0.1, -0.05) is 35.9 Å². The van der Waals surface area contributed by atoms with Gasteiger partial charge in [0.1, 0.15) is 6.04 Å². The molecule has 2 heterocycles. The predicted octanol–water partition coefficient (Wildman–Crippen LogP) is 2.30. The molecule has 0 bridgehead atoms. The molecule has 1 N–H and O–H groups in total. The lowest BCUT2D eigenvalue weighted by atomic mass is 10.00. The third-order valence-electron chi connectivity index (χ3n) is 3.80. The molecule has 4 nitrogen and oxygen atoms in total. The lowest BCUT2D eigenvalue weighted by molar-refractivity contribution is -0.143. The Kier molecular flexibility index (Phi) is 4.24. The van der Waals surface area contributed by atoms with Crippen molar-refractivity contribution in [3.63, 3.8) is 0 Å². The van der Waals surface area contributed by atoms with E-state index in [1.165, 1.54) is 0 Å². The second-order valence-corrected chi connectivity index (χ2v) is 6.48. The number of hydrogen-bond donors (Lipinski definition) is 1. The van der Waals surface area contributed by atoms with Crippen LogP contribution in [0.1, 0.15) is 22.0 Å². The first kappa shape index (κ1) is 14.8. The molecule has 5 heteroatoms. The summed E-state index contributed by atoms with van der Waals surface area (Å²) in [5, 5.41) is 4.83. The van der Waals surface area contributed by atoms with Gasteiger partial charge < -0.3 is 10.2 Å². The van der Waals surface area contributed by atoms with E-state index in [-0.39, 0.29) is 11.8 Å². The standard InChI is InChI=1S/C17H18N2O2S/c1-12-4-2-5-13(10-12)16-17(21)18-7-8-19(16)15(20)11-14-6-3-9-22-14/h2-6,9-10,16H,7-8,11H2,1H3,(H,18,21). The van der Waals surface area contributed by atoms with Gasteiger partial charge in [0.15, 0.2) is 0 Å². The minimum absolute atomic E-state index is 0.00352. The molecule has 22 heavy (non-hydrogen) atoms. The van der Waals surface area contributed by atoms with Gasteiger partial charge in [-0.3, -0.25) is 9.59 Å². The molecular weight excluding hydrogens is 296 g/mol. The van der Waals surface area contributed by atoms with E-state index < -0.39 is 6.04 Å². The number of carbonyl (C=O) groups is 2. The second kappa shape index (κ2) is 6.32. The topological polar surface area (TPSA) is 49.4 Å². The number of piperazine rings is 1. The molecule has 114 valence electrons. The zero-order valence-corrected chi connectivity index (χ0v) is 13.2. The summed E-state index contributed by atoms with van der Waals surface area (Å²) >= 11 is 1.57. The smallest absolute Gasteiger partial charge is 0.247 e. The maximum absolute atomic E-state index is 12.6. The summed E-state index contributed by atoms with van der Waals surface area (Å²) in [6.45, 7) is 3.05. The molecule has 0 radical (unpaired) electrons. The van der Waals surface area contributed by atoms with Crippen LogP contribution in [0.15, 0.2) is 41.8 Å². The number of aryl methyl sites for hydroxylation is 1. The first-order chi connectivity index (χ1) is 10.6. The van der Waals surface area contributed by atoms with E-state index in [2.05, 4.69) is 5.32 Å². The van der Waals surface area contributed by atoms with E-state index >= 15 is 0 Å². The van der Waals surface area contributed by atoms with Gasteiger partial charge in [0.05, 0.1) is 6.42 Å². The molecule has 1 unspecified atom stereocenters. The molecule has 0 spiro atoms. The zero-order chi connectivity index (χ0) is 15.5. The number of benzene rings is 1. The Hall–Kier alpha value is -2.14. The highest BCUT2D eigenvalue weighted by molar-refractivity contribution is 7.10. The van der Waals surface area contributed by atoms with E-state index in [0.29, 0.717) is 19.5 Å². The molecule has 1 aromatic carbocycles. The summed E-state index contributed by atoms with van der Waals surface area (Å²) in [5.74, 6) is -0.0971. The lowest BCUT2D eigenvalue weighted by Crippen LogP contribution is -2.52. The van der Waals surface area contributed by atoms with Crippen molar-refractivity contribution in [2.75, 3.05) is 13.1 Å². The molecule has 1 atom stereocenters. The number of carbonyl (C=O) groups excluding carboxylic acids is 2. The summed E-state index contributed by atoms with van der Waals surface area (Å²) in [6, 6.07) is 11.2. The van der Waals surface area contributed by atoms with Crippen molar-refractivity contribution >= 4 is 23.2 Å². The molecule has 0 saturated carbocycles. The van der Waals surface area contributed by atoms with E-state index in [0.717, 1.165) is 16.0 Å². The third kappa shape index (κ3) is 3.04. The van der Waals surface area contributed by atoms with Crippen molar-refractivity contribution in [2.45, 2.75) is 19.4 Å². The number of nitrogens with zero attached hydrogens (tertiary/aromatic N) is 1.